The van der Waals surface area contributed by atoms with Crippen LogP contribution in [0.2, 0.25) is 0 Å². The van der Waals surface area contributed by atoms with Crippen LogP contribution in [0.25, 0.3) is 32.9 Å². The Kier molecular flexibility index (Phi) is 7.52. The molecule has 0 aliphatic carbocycles. The van der Waals surface area contributed by atoms with Gasteiger partial charge in [-0.1, -0.05) is 6.07 Å². The number of nitrogens with zero attached hydrogens (tertiary/aromatic N) is 8. The first-order chi connectivity index (χ1) is 22.2. The first-order valence-corrected chi connectivity index (χ1v) is 15.0. The van der Waals surface area contributed by atoms with Crippen molar-refractivity contribution in [3.05, 3.63) is 60.6 Å². The van der Waals surface area contributed by atoms with Crippen molar-refractivity contribution in [1.29, 1.82) is 0 Å². The Morgan fingerprint density at radius 2 is 1.85 bits per heavy atom. The van der Waals surface area contributed by atoms with E-state index in [1.807, 2.05) is 18.2 Å². The van der Waals surface area contributed by atoms with Crippen LogP contribution >= 0.6 is 0 Å². The molecule has 0 bridgehead atoms. The van der Waals surface area contributed by atoms with Crippen molar-refractivity contribution in [2.24, 2.45) is 5.73 Å². The number of fused-ring (bicyclic) bond motifs is 2. The molecule has 0 radical (unpaired) electrons. The number of hydrogen-bond acceptors (Lipinski definition) is 9. The minimum atomic E-state index is -1.38. The number of H-pyrrole nitrogens is 1. The van der Waals surface area contributed by atoms with Gasteiger partial charge in [-0.25, -0.2) is 4.39 Å². The SMILES string of the molecule is CN1CCN(c2ccc3c(NC(=O)C4CC(F)CN4C(=O)Cn4nc(C(N)=O)c5cc(-c6ccnnc6)ccc54)n[nH]c3c2)CC1. The van der Waals surface area contributed by atoms with Crippen LogP contribution in [0, 0.1) is 0 Å². The van der Waals surface area contributed by atoms with Crippen LogP contribution in [0.4, 0.5) is 15.9 Å². The molecule has 46 heavy (non-hydrogen) atoms. The molecule has 4 N–H and O–H groups in total. The quantitative estimate of drug-likeness (QED) is 0.244. The number of primary amides is 1. The van der Waals surface area contributed by atoms with E-state index in [0.717, 1.165) is 48.5 Å². The maximum Gasteiger partial charge on any atom is 0.269 e. The summed E-state index contributed by atoms with van der Waals surface area (Å²) in [7, 11) is 2.10. The lowest BCUT2D eigenvalue weighted by Crippen LogP contribution is -2.44. The van der Waals surface area contributed by atoms with Gasteiger partial charge in [-0.2, -0.15) is 20.4 Å². The van der Waals surface area contributed by atoms with Crippen LogP contribution in [0.1, 0.15) is 16.9 Å². The molecule has 5 aromatic rings. The number of rotatable bonds is 7. The third-order valence-electron chi connectivity index (χ3n) is 8.72. The van der Waals surface area contributed by atoms with Crippen molar-refractivity contribution in [1.82, 2.24) is 40.0 Å². The molecule has 2 aliphatic heterocycles. The van der Waals surface area contributed by atoms with Gasteiger partial charge in [0.05, 0.1) is 30.0 Å². The van der Waals surface area contributed by atoms with E-state index >= 15 is 0 Å². The molecule has 2 fully saturated rings. The second kappa shape index (κ2) is 11.8. The van der Waals surface area contributed by atoms with E-state index < -0.39 is 29.9 Å². The average molecular weight is 626 g/mol. The summed E-state index contributed by atoms with van der Waals surface area (Å²) in [5.41, 5.74) is 9.46. The van der Waals surface area contributed by atoms with Crippen molar-refractivity contribution in [3.63, 3.8) is 0 Å². The van der Waals surface area contributed by atoms with E-state index in [0.29, 0.717) is 22.1 Å². The number of piperazine rings is 1. The largest absolute Gasteiger partial charge is 0.369 e. The smallest absolute Gasteiger partial charge is 0.269 e. The number of amides is 3. The third kappa shape index (κ3) is 5.49. The van der Waals surface area contributed by atoms with Crippen LogP contribution in [0.15, 0.2) is 54.9 Å². The lowest BCUT2D eigenvalue weighted by Gasteiger charge is -2.34. The highest BCUT2D eigenvalue weighted by atomic mass is 19.1. The fourth-order valence-corrected chi connectivity index (χ4v) is 6.21. The molecule has 2 atom stereocenters. The van der Waals surface area contributed by atoms with Gasteiger partial charge in [0.25, 0.3) is 5.91 Å². The number of alkyl halides is 1. The Morgan fingerprint density at radius 3 is 2.61 bits per heavy atom. The lowest BCUT2D eigenvalue weighted by atomic mass is 10.0. The van der Waals surface area contributed by atoms with Crippen LogP contribution in [0.5, 0.6) is 0 Å². The van der Waals surface area contributed by atoms with Crippen molar-refractivity contribution >= 4 is 51.0 Å². The van der Waals surface area contributed by atoms with Gasteiger partial charge in [-0.3, -0.25) is 24.2 Å². The van der Waals surface area contributed by atoms with Crippen molar-refractivity contribution in [2.45, 2.75) is 25.2 Å². The summed E-state index contributed by atoms with van der Waals surface area (Å²) in [6, 6.07) is 11.9. The molecule has 236 valence electrons. The predicted octanol–water partition coefficient (Wildman–Crippen LogP) is 1.80. The van der Waals surface area contributed by atoms with E-state index in [2.05, 4.69) is 47.7 Å². The maximum absolute atomic E-state index is 14.7. The molecule has 2 saturated heterocycles. The van der Waals surface area contributed by atoms with Crippen molar-refractivity contribution in [2.75, 3.05) is 50.0 Å². The van der Waals surface area contributed by atoms with Crippen LogP contribution < -0.4 is 16.0 Å². The van der Waals surface area contributed by atoms with Gasteiger partial charge in [-0.15, -0.1) is 0 Å². The molecule has 3 aromatic heterocycles. The summed E-state index contributed by atoms with van der Waals surface area (Å²) in [4.78, 5) is 45.1. The number of likely N-dealkylation sites (tertiary alicyclic amines) is 1. The zero-order valence-corrected chi connectivity index (χ0v) is 25.1. The van der Waals surface area contributed by atoms with Crippen molar-refractivity contribution in [3.8, 4) is 11.1 Å². The number of benzene rings is 2. The van der Waals surface area contributed by atoms with E-state index in [1.54, 1.807) is 36.7 Å². The third-order valence-corrected chi connectivity index (χ3v) is 8.72. The molecular formula is C31H32FN11O3. The Bertz CT molecular complexity index is 1950. The molecule has 15 heteroatoms. The van der Waals surface area contributed by atoms with Crippen LogP contribution in [-0.4, -0.2) is 110 Å². The maximum atomic E-state index is 14.7. The molecule has 0 spiro atoms. The summed E-state index contributed by atoms with van der Waals surface area (Å²) in [5, 5.41) is 23.2. The second-order valence-corrected chi connectivity index (χ2v) is 11.7. The van der Waals surface area contributed by atoms with Gasteiger partial charge < -0.3 is 25.8 Å². The topological polar surface area (TPSA) is 171 Å². The van der Waals surface area contributed by atoms with Crippen LogP contribution in [-0.2, 0) is 16.1 Å². The minimum Gasteiger partial charge on any atom is -0.369 e. The zero-order valence-electron chi connectivity index (χ0n) is 25.1. The highest BCUT2D eigenvalue weighted by Gasteiger charge is 2.40. The van der Waals surface area contributed by atoms with Crippen LogP contribution in [0.3, 0.4) is 0 Å². The summed E-state index contributed by atoms with van der Waals surface area (Å²) in [6.07, 6.45) is 1.61. The summed E-state index contributed by atoms with van der Waals surface area (Å²) in [5.74, 6) is -1.51. The number of nitrogens with two attached hydrogens (primary N) is 1. The number of likely N-dealkylation sites (N-methyl/N-ethyl adjacent to an activating group) is 1. The first kappa shape index (κ1) is 29.3. The fourth-order valence-electron chi connectivity index (χ4n) is 6.21. The predicted molar refractivity (Wildman–Crippen MR) is 169 cm³/mol. The van der Waals surface area contributed by atoms with Gasteiger partial charge in [0, 0.05) is 54.6 Å². The number of aromatic amines is 1. The molecule has 2 aromatic carbocycles. The van der Waals surface area contributed by atoms with Gasteiger partial charge in [-0.05, 0) is 49.0 Å². The van der Waals surface area contributed by atoms with Crippen molar-refractivity contribution < 1.29 is 18.8 Å². The van der Waals surface area contributed by atoms with E-state index in [4.69, 9.17) is 5.73 Å². The molecule has 2 aliphatic rings. The first-order valence-electron chi connectivity index (χ1n) is 15.0. The minimum absolute atomic E-state index is 0.00746. The summed E-state index contributed by atoms with van der Waals surface area (Å²) >= 11 is 0. The molecule has 2 unspecified atom stereocenters. The van der Waals surface area contributed by atoms with Gasteiger partial charge in [0.15, 0.2) is 11.5 Å². The highest BCUT2D eigenvalue weighted by Crippen LogP contribution is 2.29. The van der Waals surface area contributed by atoms with Gasteiger partial charge in [0.2, 0.25) is 11.8 Å². The monoisotopic (exact) mass is 625 g/mol. The average Bonchev–Trinajstić information content (AvgIpc) is 3.76. The summed E-state index contributed by atoms with van der Waals surface area (Å²) < 4.78 is 16.1. The molecule has 5 heterocycles. The van der Waals surface area contributed by atoms with E-state index in [1.165, 1.54) is 9.58 Å². The molecule has 14 nitrogen and oxygen atoms in total. The Morgan fingerprint density at radius 1 is 1.02 bits per heavy atom. The number of carbonyl (C=O) groups excluding carboxylic acids is 3. The van der Waals surface area contributed by atoms with E-state index in [9.17, 15) is 18.8 Å². The number of halogens is 1. The Hall–Kier alpha value is -5.44. The second-order valence-electron chi connectivity index (χ2n) is 11.7. The fraction of sp³-hybridized carbons (Fsp3) is 0.323. The number of hydrogen-bond donors (Lipinski definition) is 3. The van der Waals surface area contributed by atoms with Gasteiger partial charge >= 0.3 is 0 Å². The van der Waals surface area contributed by atoms with Gasteiger partial charge in [0.1, 0.15) is 18.8 Å². The molecule has 0 saturated carbocycles. The Balaban J connectivity index is 1.09. The summed E-state index contributed by atoms with van der Waals surface area (Å²) in [6.45, 7) is 3.21. The van der Waals surface area contributed by atoms with E-state index in [-0.39, 0.29) is 25.2 Å². The number of nitrogens with one attached hydrogen (secondary N) is 2. The highest BCUT2D eigenvalue weighted by molar-refractivity contribution is 6.06. The molecule has 3 amide bonds. The molecular weight excluding hydrogens is 593 g/mol. The standard InChI is InChI=1S/C31H32FN11O3/c1-40-8-10-41(11-9-40)21-3-4-22-24(14-21)37-38-30(22)36-31(46)26-13-20(32)16-42(26)27(44)17-43-25-5-2-18(19-6-7-34-35-15-19)12-23(25)28(39-43)29(33)45/h2-7,12,14-15,20,26H,8-11,13,16-17H2,1H3,(H2,33,45)(H2,36,37,38,46). The molecule has 7 rings (SSSR count). The number of anilines is 2. The number of carbonyl (C=O) groups is 3. The lowest BCUT2D eigenvalue weighted by molar-refractivity contribution is -0.137. The zero-order chi connectivity index (χ0) is 31.9. The number of aromatic nitrogens is 6. The Labute approximate surface area is 262 Å². The normalized spacial score (nSPS) is 18.8.